The number of sulfonamides is 1. The van der Waals surface area contributed by atoms with E-state index in [0.29, 0.717) is 12.0 Å². The van der Waals surface area contributed by atoms with Crippen LogP contribution in [0.4, 0.5) is 24.8 Å². The summed E-state index contributed by atoms with van der Waals surface area (Å²) in [7, 11) is -3.85. The highest BCUT2D eigenvalue weighted by atomic mass is 32.2. The van der Waals surface area contributed by atoms with Crippen molar-refractivity contribution in [2.75, 3.05) is 24.1 Å². The Labute approximate surface area is 194 Å². The molecule has 1 fully saturated rings. The first-order valence-electron chi connectivity index (χ1n) is 10.3. The Balaban J connectivity index is 1.42. The Bertz CT molecular complexity index is 1250. The molecule has 4 rings (SSSR count). The highest BCUT2D eigenvalue weighted by Gasteiger charge is 2.35. The summed E-state index contributed by atoms with van der Waals surface area (Å²) in [5, 5.41) is 13.4. The van der Waals surface area contributed by atoms with E-state index in [-0.39, 0.29) is 30.2 Å². The number of rotatable bonds is 5. The van der Waals surface area contributed by atoms with Gasteiger partial charge < -0.3 is 16.2 Å². The average Bonchev–Trinajstić information content (AvgIpc) is 2.80. The SMILES string of the molecule is Nc1cc(-c2ccc(S(=O)(=O)N3CC[C@@H](Nc4ccc(C(F)(F)F)cn4)[C@@H](O)C3)cc2)ccn1. The molecule has 0 bridgehead atoms. The topological polar surface area (TPSA) is 121 Å². The maximum absolute atomic E-state index is 13.1. The van der Waals surface area contributed by atoms with Crippen LogP contribution in [0.5, 0.6) is 0 Å². The molecule has 34 heavy (non-hydrogen) atoms. The molecule has 4 N–H and O–H groups in total. The van der Waals surface area contributed by atoms with Crippen molar-refractivity contribution in [1.82, 2.24) is 14.3 Å². The van der Waals surface area contributed by atoms with Crippen molar-refractivity contribution in [3.63, 3.8) is 0 Å². The number of hydrogen-bond donors (Lipinski definition) is 3. The van der Waals surface area contributed by atoms with Gasteiger partial charge in [0.05, 0.1) is 22.6 Å². The summed E-state index contributed by atoms with van der Waals surface area (Å²) in [5.41, 5.74) is 6.40. The van der Waals surface area contributed by atoms with E-state index < -0.39 is 33.9 Å². The van der Waals surface area contributed by atoms with Gasteiger partial charge in [-0.2, -0.15) is 17.5 Å². The molecule has 2 atom stereocenters. The van der Waals surface area contributed by atoms with Gasteiger partial charge in [-0.15, -0.1) is 0 Å². The second kappa shape index (κ2) is 9.20. The van der Waals surface area contributed by atoms with Crippen LogP contribution in [0.3, 0.4) is 0 Å². The minimum atomic E-state index is -4.49. The van der Waals surface area contributed by atoms with Crippen molar-refractivity contribution >= 4 is 21.7 Å². The number of benzene rings is 1. The zero-order valence-corrected chi connectivity index (χ0v) is 18.6. The molecule has 8 nitrogen and oxygen atoms in total. The number of alkyl halides is 3. The molecule has 0 amide bonds. The number of anilines is 2. The van der Waals surface area contributed by atoms with E-state index in [4.69, 9.17) is 5.73 Å². The van der Waals surface area contributed by atoms with Crippen LogP contribution in [0.15, 0.2) is 65.8 Å². The second-order valence-corrected chi connectivity index (χ2v) is 9.83. The van der Waals surface area contributed by atoms with E-state index in [1.165, 1.54) is 22.5 Å². The standard InChI is InChI=1S/C22H22F3N5O3S/c23-22(24,25)16-3-6-21(28-12-16)29-18-8-10-30(13-19(18)31)34(32,33)17-4-1-14(2-5-17)15-7-9-27-20(26)11-15/h1-7,9,11-12,18-19,31H,8,10,13H2,(H2,26,27)(H,28,29)/t18-,19+/m1/s1. The fraction of sp³-hybridized carbons (Fsp3) is 0.273. The molecule has 0 unspecified atom stereocenters. The molecule has 0 spiro atoms. The lowest BCUT2D eigenvalue weighted by Crippen LogP contribution is -2.51. The Morgan fingerprint density at radius 3 is 2.38 bits per heavy atom. The van der Waals surface area contributed by atoms with E-state index in [9.17, 15) is 26.7 Å². The third kappa shape index (κ3) is 5.13. The minimum absolute atomic E-state index is 0.0845. The number of hydrogen-bond acceptors (Lipinski definition) is 7. The van der Waals surface area contributed by atoms with Gasteiger partial charge >= 0.3 is 6.18 Å². The van der Waals surface area contributed by atoms with E-state index >= 15 is 0 Å². The fourth-order valence-electron chi connectivity index (χ4n) is 3.72. The summed E-state index contributed by atoms with van der Waals surface area (Å²) in [5.74, 6) is 0.520. The molecule has 1 aliphatic heterocycles. The molecular formula is C22H22F3N5O3S. The van der Waals surface area contributed by atoms with Crippen molar-refractivity contribution in [2.45, 2.75) is 29.6 Å². The van der Waals surface area contributed by atoms with Crippen LogP contribution in [0.1, 0.15) is 12.0 Å². The summed E-state index contributed by atoms with van der Waals surface area (Å²) in [6.45, 7) is -0.0381. The first-order chi connectivity index (χ1) is 16.0. The number of nitrogens with zero attached hydrogens (tertiary/aromatic N) is 3. The molecule has 2 aromatic heterocycles. The molecule has 3 heterocycles. The average molecular weight is 494 g/mol. The molecule has 0 radical (unpaired) electrons. The number of aliphatic hydroxyl groups excluding tert-OH is 1. The third-order valence-electron chi connectivity index (χ3n) is 5.58. The van der Waals surface area contributed by atoms with Gasteiger partial charge in [0, 0.05) is 25.5 Å². The van der Waals surface area contributed by atoms with Crippen molar-refractivity contribution in [1.29, 1.82) is 0 Å². The van der Waals surface area contributed by atoms with Crippen molar-refractivity contribution in [3.8, 4) is 11.1 Å². The number of nitrogen functional groups attached to an aromatic ring is 1. The van der Waals surface area contributed by atoms with Gasteiger partial charge in [0.2, 0.25) is 10.0 Å². The number of pyridine rings is 2. The van der Waals surface area contributed by atoms with E-state index in [1.54, 1.807) is 30.5 Å². The van der Waals surface area contributed by atoms with Gasteiger partial charge in [-0.05, 0) is 53.9 Å². The van der Waals surface area contributed by atoms with E-state index in [2.05, 4.69) is 15.3 Å². The maximum atomic E-state index is 13.1. The highest BCUT2D eigenvalue weighted by Crippen LogP contribution is 2.30. The summed E-state index contributed by atoms with van der Waals surface area (Å²) in [6, 6.07) is 11.3. The second-order valence-electron chi connectivity index (χ2n) is 7.89. The van der Waals surface area contributed by atoms with Gasteiger partial charge in [-0.25, -0.2) is 18.4 Å². The Hall–Kier alpha value is -3.22. The molecule has 0 aliphatic carbocycles. The number of β-amino-alcohol motifs (C(OH)–C–C–N with tert-alkyl or cyclic N) is 1. The van der Waals surface area contributed by atoms with Crippen LogP contribution in [0.2, 0.25) is 0 Å². The molecule has 1 aliphatic rings. The predicted molar refractivity (Wildman–Crippen MR) is 120 cm³/mol. The Morgan fingerprint density at radius 1 is 1.06 bits per heavy atom. The van der Waals surface area contributed by atoms with Gasteiger partial charge in [0.15, 0.2) is 0 Å². The third-order valence-corrected chi connectivity index (χ3v) is 7.45. The van der Waals surface area contributed by atoms with Gasteiger partial charge in [0.25, 0.3) is 0 Å². The maximum Gasteiger partial charge on any atom is 0.417 e. The number of nitrogens with two attached hydrogens (primary N) is 1. The van der Waals surface area contributed by atoms with E-state index in [1.807, 2.05) is 0 Å². The van der Waals surface area contributed by atoms with Gasteiger partial charge in [-0.3, -0.25) is 0 Å². The molecule has 3 aromatic rings. The Morgan fingerprint density at radius 2 is 1.79 bits per heavy atom. The van der Waals surface area contributed by atoms with Crippen LogP contribution in [0, 0.1) is 0 Å². The fourth-order valence-corrected chi connectivity index (χ4v) is 5.20. The molecule has 1 aromatic carbocycles. The number of aromatic nitrogens is 2. The van der Waals surface area contributed by atoms with Crippen molar-refractivity contribution in [2.24, 2.45) is 0 Å². The molecule has 0 saturated carbocycles. The highest BCUT2D eigenvalue weighted by molar-refractivity contribution is 7.89. The van der Waals surface area contributed by atoms with Gasteiger partial charge in [0.1, 0.15) is 11.6 Å². The van der Waals surface area contributed by atoms with Crippen molar-refractivity contribution < 1.29 is 26.7 Å². The number of piperidine rings is 1. The Kier molecular flexibility index (Phi) is 6.47. The summed E-state index contributed by atoms with van der Waals surface area (Å²) < 4.78 is 65.4. The lowest BCUT2D eigenvalue weighted by molar-refractivity contribution is -0.137. The van der Waals surface area contributed by atoms with Crippen LogP contribution in [-0.4, -0.2) is 53.0 Å². The number of nitrogens with one attached hydrogen (secondary N) is 1. The quantitative estimate of drug-likeness (QED) is 0.500. The summed E-state index contributed by atoms with van der Waals surface area (Å²) in [4.78, 5) is 7.76. The summed E-state index contributed by atoms with van der Waals surface area (Å²) >= 11 is 0. The van der Waals surface area contributed by atoms with Crippen LogP contribution in [0.25, 0.3) is 11.1 Å². The zero-order valence-electron chi connectivity index (χ0n) is 17.8. The molecule has 12 heteroatoms. The predicted octanol–water partition coefficient (Wildman–Crippen LogP) is 2.98. The lowest BCUT2D eigenvalue weighted by Gasteiger charge is -2.35. The van der Waals surface area contributed by atoms with Crippen molar-refractivity contribution in [3.05, 3.63) is 66.5 Å². The van der Waals surface area contributed by atoms with E-state index in [0.717, 1.165) is 17.2 Å². The van der Waals surface area contributed by atoms with Gasteiger partial charge in [-0.1, -0.05) is 12.1 Å². The lowest BCUT2D eigenvalue weighted by atomic mass is 10.0. The largest absolute Gasteiger partial charge is 0.417 e. The van der Waals surface area contributed by atoms with Crippen LogP contribution < -0.4 is 11.1 Å². The van der Waals surface area contributed by atoms with Crippen LogP contribution in [-0.2, 0) is 16.2 Å². The smallest absolute Gasteiger partial charge is 0.390 e. The number of halogens is 3. The first kappa shape index (κ1) is 23.9. The molecule has 1 saturated heterocycles. The minimum Gasteiger partial charge on any atom is -0.390 e. The zero-order chi connectivity index (χ0) is 24.5. The number of aliphatic hydroxyl groups is 1. The molecular weight excluding hydrogens is 471 g/mol. The summed E-state index contributed by atoms with van der Waals surface area (Å²) in [6.07, 6.45) is -3.05. The monoisotopic (exact) mass is 493 g/mol. The van der Waals surface area contributed by atoms with Crippen LogP contribution >= 0.6 is 0 Å². The molecule has 180 valence electrons. The normalized spacial score (nSPS) is 19.6. The first-order valence-corrected chi connectivity index (χ1v) is 11.8.